The van der Waals surface area contributed by atoms with Gasteiger partial charge in [-0.3, -0.25) is 0 Å². The van der Waals surface area contributed by atoms with E-state index in [2.05, 4.69) is 13.8 Å². The van der Waals surface area contributed by atoms with E-state index >= 15 is 0 Å². The van der Waals surface area contributed by atoms with E-state index < -0.39 is 6.10 Å². The fraction of sp³-hybridized carbons (Fsp3) is 0.667. The zero-order valence-corrected chi connectivity index (χ0v) is 14.9. The van der Waals surface area contributed by atoms with Crippen LogP contribution in [0.2, 0.25) is 5.02 Å². The van der Waals surface area contributed by atoms with Crippen LogP contribution in [0.3, 0.4) is 0 Å². The summed E-state index contributed by atoms with van der Waals surface area (Å²) >= 11 is 6.16. The number of aliphatic hydroxyl groups excluding tert-OH is 1. The first-order valence-electron chi connectivity index (χ1n) is 8.31. The molecule has 1 saturated heterocycles. The first-order chi connectivity index (χ1) is 10.4. The Morgan fingerprint density at radius 1 is 1.23 bits per heavy atom. The van der Waals surface area contributed by atoms with Crippen molar-refractivity contribution in [2.24, 2.45) is 0 Å². The lowest BCUT2D eigenvalue weighted by Crippen LogP contribution is -3.20. The quantitative estimate of drug-likeness (QED) is 0.872. The number of likely N-dealkylation sites (tertiary alicyclic amines) is 1. The topological polar surface area (TPSA) is 33.9 Å². The van der Waals surface area contributed by atoms with Gasteiger partial charge in [0, 0.05) is 5.02 Å². The van der Waals surface area contributed by atoms with Crippen molar-refractivity contribution < 1.29 is 14.7 Å². The summed E-state index contributed by atoms with van der Waals surface area (Å²) in [6, 6.07) is 5.11. The molecule has 0 aliphatic carbocycles. The number of piperidine rings is 1. The molecule has 1 aromatic rings. The van der Waals surface area contributed by atoms with Crippen LogP contribution in [0.25, 0.3) is 0 Å². The van der Waals surface area contributed by atoms with Gasteiger partial charge >= 0.3 is 0 Å². The second-order valence-corrected chi connectivity index (χ2v) is 7.23. The van der Waals surface area contributed by atoms with Gasteiger partial charge in [0.05, 0.1) is 12.1 Å². The number of rotatable bonds is 5. The van der Waals surface area contributed by atoms with Crippen molar-refractivity contribution in [3.8, 4) is 5.75 Å². The van der Waals surface area contributed by atoms with Crippen molar-refractivity contribution in [1.82, 2.24) is 0 Å². The lowest BCUT2D eigenvalue weighted by atomic mass is 9.97. The minimum atomic E-state index is -0.436. The standard InChI is InChI=1S/C18H28ClNO2/c1-12-8-17(9-13(2)18(12)19)22-11-16(21)10-20-14(3)6-5-7-15(20)4/h8-9,14-16,21H,5-7,10-11H2,1-4H3/p+1/t14-,15-,16+/m0/s1. The number of halogens is 1. The highest BCUT2D eigenvalue weighted by atomic mass is 35.5. The zero-order valence-electron chi connectivity index (χ0n) is 14.2. The monoisotopic (exact) mass is 326 g/mol. The minimum Gasteiger partial charge on any atom is -0.491 e. The molecule has 1 heterocycles. The maximum Gasteiger partial charge on any atom is 0.137 e. The lowest BCUT2D eigenvalue weighted by molar-refractivity contribution is -0.954. The van der Waals surface area contributed by atoms with E-state index in [0.29, 0.717) is 18.7 Å². The zero-order chi connectivity index (χ0) is 16.3. The molecule has 0 spiro atoms. The van der Waals surface area contributed by atoms with Gasteiger partial charge in [0.15, 0.2) is 0 Å². The molecule has 2 N–H and O–H groups in total. The van der Waals surface area contributed by atoms with Crippen LogP contribution in [0.15, 0.2) is 12.1 Å². The van der Waals surface area contributed by atoms with E-state index in [1.807, 2.05) is 26.0 Å². The van der Waals surface area contributed by atoms with Crippen molar-refractivity contribution in [1.29, 1.82) is 0 Å². The van der Waals surface area contributed by atoms with Gasteiger partial charge in [0.2, 0.25) is 0 Å². The van der Waals surface area contributed by atoms with Crippen LogP contribution in [0, 0.1) is 13.8 Å². The maximum absolute atomic E-state index is 10.3. The molecule has 124 valence electrons. The molecule has 1 fully saturated rings. The molecule has 0 bridgehead atoms. The van der Waals surface area contributed by atoms with Gasteiger partial charge in [0.1, 0.15) is 25.0 Å². The van der Waals surface area contributed by atoms with E-state index in [1.165, 1.54) is 24.2 Å². The number of nitrogens with one attached hydrogen (secondary N) is 1. The number of hydrogen-bond acceptors (Lipinski definition) is 2. The third-order valence-electron chi connectivity index (χ3n) is 4.86. The van der Waals surface area contributed by atoms with Crippen molar-refractivity contribution in [3.63, 3.8) is 0 Å². The molecule has 1 aliphatic rings. The Kier molecular flexibility index (Phi) is 6.13. The van der Waals surface area contributed by atoms with Crippen LogP contribution in [0.1, 0.15) is 44.2 Å². The van der Waals surface area contributed by atoms with Gasteiger partial charge in [0.25, 0.3) is 0 Å². The summed E-state index contributed by atoms with van der Waals surface area (Å²) in [6.07, 6.45) is 3.38. The summed E-state index contributed by atoms with van der Waals surface area (Å²) in [5, 5.41) is 11.1. The van der Waals surface area contributed by atoms with Gasteiger partial charge in [-0.15, -0.1) is 0 Å². The molecular weight excluding hydrogens is 298 g/mol. The molecule has 1 aromatic carbocycles. The second kappa shape index (κ2) is 7.67. The Labute approximate surface area is 139 Å². The number of hydrogen-bond donors (Lipinski definition) is 2. The number of aliphatic hydroxyl groups is 1. The number of quaternary nitrogens is 1. The van der Waals surface area contributed by atoms with E-state index in [0.717, 1.165) is 28.4 Å². The number of aryl methyl sites for hydroxylation is 2. The van der Waals surface area contributed by atoms with Gasteiger partial charge < -0.3 is 14.7 Å². The van der Waals surface area contributed by atoms with E-state index in [9.17, 15) is 5.11 Å². The molecule has 2 rings (SSSR count). The molecule has 1 aliphatic heterocycles. The van der Waals surface area contributed by atoms with Gasteiger partial charge in [-0.05, 0) is 70.2 Å². The van der Waals surface area contributed by atoms with Crippen LogP contribution in [-0.2, 0) is 0 Å². The number of ether oxygens (including phenoxy) is 1. The van der Waals surface area contributed by atoms with Gasteiger partial charge in [-0.1, -0.05) is 11.6 Å². The Hall–Kier alpha value is -0.770. The highest BCUT2D eigenvalue weighted by Crippen LogP contribution is 2.25. The third-order valence-corrected chi connectivity index (χ3v) is 5.46. The largest absolute Gasteiger partial charge is 0.491 e. The van der Waals surface area contributed by atoms with Gasteiger partial charge in [-0.25, -0.2) is 0 Å². The molecule has 0 aromatic heterocycles. The normalized spacial score (nSPS) is 24.3. The SMILES string of the molecule is Cc1cc(OC[C@H](O)C[NH+]2[C@@H](C)CCC[C@@H]2C)cc(C)c1Cl. The molecule has 0 radical (unpaired) electrons. The predicted octanol–water partition coefficient (Wildman–Crippen LogP) is 2.54. The highest BCUT2D eigenvalue weighted by molar-refractivity contribution is 6.32. The Bertz CT molecular complexity index is 473. The summed E-state index contributed by atoms with van der Waals surface area (Å²) in [5.74, 6) is 0.785. The van der Waals surface area contributed by atoms with Crippen LogP contribution in [-0.4, -0.2) is 36.4 Å². The second-order valence-electron chi connectivity index (χ2n) is 6.85. The Balaban J connectivity index is 1.88. The average Bonchev–Trinajstić information content (AvgIpc) is 2.46. The number of benzene rings is 1. The molecule has 4 heteroatoms. The fourth-order valence-corrected chi connectivity index (χ4v) is 3.61. The summed E-state index contributed by atoms with van der Waals surface area (Å²) in [6.45, 7) is 9.60. The molecule has 0 unspecified atom stereocenters. The fourth-order valence-electron chi connectivity index (χ4n) is 3.50. The van der Waals surface area contributed by atoms with Crippen molar-refractivity contribution in [3.05, 3.63) is 28.3 Å². The van der Waals surface area contributed by atoms with Gasteiger partial charge in [-0.2, -0.15) is 0 Å². The maximum atomic E-state index is 10.3. The van der Waals surface area contributed by atoms with E-state index in [-0.39, 0.29) is 0 Å². The molecule has 0 amide bonds. The lowest BCUT2D eigenvalue weighted by Gasteiger charge is -2.36. The summed E-state index contributed by atoms with van der Waals surface area (Å²) in [4.78, 5) is 1.51. The van der Waals surface area contributed by atoms with Crippen molar-refractivity contribution in [2.45, 2.75) is 65.1 Å². The molecular formula is C18H29ClNO2+. The first-order valence-corrected chi connectivity index (χ1v) is 8.69. The average molecular weight is 327 g/mol. The minimum absolute atomic E-state index is 0.337. The third kappa shape index (κ3) is 4.37. The highest BCUT2D eigenvalue weighted by Gasteiger charge is 2.30. The first kappa shape index (κ1) is 17.6. The Morgan fingerprint density at radius 3 is 2.32 bits per heavy atom. The van der Waals surface area contributed by atoms with Crippen molar-refractivity contribution in [2.75, 3.05) is 13.2 Å². The summed E-state index contributed by atoms with van der Waals surface area (Å²) in [7, 11) is 0. The molecule has 3 atom stereocenters. The smallest absolute Gasteiger partial charge is 0.137 e. The summed E-state index contributed by atoms with van der Waals surface area (Å²) < 4.78 is 5.77. The van der Waals surface area contributed by atoms with E-state index in [1.54, 1.807) is 0 Å². The van der Waals surface area contributed by atoms with Crippen LogP contribution >= 0.6 is 11.6 Å². The summed E-state index contributed by atoms with van der Waals surface area (Å²) in [5.41, 5.74) is 2.02. The van der Waals surface area contributed by atoms with Crippen LogP contribution < -0.4 is 9.64 Å². The van der Waals surface area contributed by atoms with Crippen molar-refractivity contribution >= 4 is 11.6 Å². The van der Waals surface area contributed by atoms with Crippen LogP contribution in [0.5, 0.6) is 5.75 Å². The molecule has 22 heavy (non-hydrogen) atoms. The van der Waals surface area contributed by atoms with Crippen LogP contribution in [0.4, 0.5) is 0 Å². The van der Waals surface area contributed by atoms with E-state index in [4.69, 9.17) is 16.3 Å². The molecule has 0 saturated carbocycles. The Morgan fingerprint density at radius 2 is 1.77 bits per heavy atom. The molecule has 3 nitrogen and oxygen atoms in total. The predicted molar refractivity (Wildman–Crippen MR) is 91.0 cm³/mol.